The van der Waals surface area contributed by atoms with Gasteiger partial charge in [0, 0.05) is 51.5 Å². The fourth-order valence-electron chi connectivity index (χ4n) is 3.11. The molecule has 146 valence electrons. The maximum absolute atomic E-state index is 13.8. The lowest BCUT2D eigenvalue weighted by atomic mass is 10.2. The van der Waals surface area contributed by atoms with E-state index in [1.165, 1.54) is 33.3 Å². The van der Waals surface area contributed by atoms with Gasteiger partial charge < -0.3 is 10.3 Å². The average molecular weight is 398 g/mol. The van der Waals surface area contributed by atoms with E-state index in [9.17, 15) is 22.0 Å². The third kappa shape index (κ3) is 3.87. The van der Waals surface area contributed by atoms with Crippen LogP contribution in [0.25, 0.3) is 0 Å². The van der Waals surface area contributed by atoms with Crippen LogP contribution in [-0.4, -0.2) is 54.3 Å². The molecule has 3 rings (SSSR count). The van der Waals surface area contributed by atoms with Crippen molar-refractivity contribution in [2.45, 2.75) is 11.4 Å². The van der Waals surface area contributed by atoms with E-state index in [-0.39, 0.29) is 35.8 Å². The Kier molecular flexibility index (Phi) is 5.31. The van der Waals surface area contributed by atoms with Crippen LogP contribution in [0.15, 0.2) is 35.4 Å². The van der Waals surface area contributed by atoms with Crippen molar-refractivity contribution in [1.82, 2.24) is 13.8 Å². The number of nitrogens with two attached hydrogens (primary N) is 1. The summed E-state index contributed by atoms with van der Waals surface area (Å²) >= 11 is 0. The highest BCUT2D eigenvalue weighted by Crippen LogP contribution is 2.21. The Labute approximate surface area is 156 Å². The molecule has 1 aromatic carbocycles. The second-order valence-electron chi connectivity index (χ2n) is 6.43. The Morgan fingerprint density at radius 1 is 1.19 bits per heavy atom. The molecule has 7 nitrogen and oxygen atoms in total. The maximum Gasteiger partial charge on any atom is 0.265 e. The van der Waals surface area contributed by atoms with Crippen molar-refractivity contribution >= 4 is 15.9 Å². The molecule has 0 bridgehead atoms. The van der Waals surface area contributed by atoms with E-state index < -0.39 is 27.6 Å². The number of hydrogen-bond acceptors (Lipinski definition) is 4. The van der Waals surface area contributed by atoms with E-state index in [1.54, 1.807) is 7.05 Å². The van der Waals surface area contributed by atoms with Crippen LogP contribution in [0.1, 0.15) is 16.1 Å². The molecule has 1 aliphatic heterocycles. The second-order valence-corrected chi connectivity index (χ2v) is 8.37. The molecule has 0 unspecified atom stereocenters. The zero-order valence-electron chi connectivity index (χ0n) is 14.7. The molecule has 0 aliphatic carbocycles. The van der Waals surface area contributed by atoms with E-state index >= 15 is 0 Å². The molecule has 27 heavy (non-hydrogen) atoms. The van der Waals surface area contributed by atoms with Crippen molar-refractivity contribution in [2.24, 2.45) is 12.8 Å². The van der Waals surface area contributed by atoms with Crippen LogP contribution >= 0.6 is 0 Å². The number of aromatic nitrogens is 1. The second kappa shape index (κ2) is 7.37. The number of piperazine rings is 1. The quantitative estimate of drug-likeness (QED) is 0.811. The van der Waals surface area contributed by atoms with Gasteiger partial charge in [-0.15, -0.1) is 0 Å². The predicted molar refractivity (Wildman–Crippen MR) is 94.3 cm³/mol. The third-order valence-electron chi connectivity index (χ3n) is 4.63. The molecule has 0 radical (unpaired) electrons. The number of benzene rings is 1. The normalized spacial score (nSPS) is 16.6. The first-order valence-corrected chi connectivity index (χ1v) is 9.75. The van der Waals surface area contributed by atoms with Gasteiger partial charge in [0.1, 0.15) is 10.6 Å². The Morgan fingerprint density at radius 3 is 2.44 bits per heavy atom. The van der Waals surface area contributed by atoms with Gasteiger partial charge in [-0.2, -0.15) is 4.31 Å². The highest BCUT2D eigenvalue weighted by Gasteiger charge is 2.30. The topological polar surface area (TPSA) is 88.6 Å². The first kappa shape index (κ1) is 19.5. The molecular weight excluding hydrogens is 378 g/mol. The van der Waals surface area contributed by atoms with Gasteiger partial charge in [0.25, 0.3) is 5.91 Å². The van der Waals surface area contributed by atoms with Crippen molar-refractivity contribution in [3.8, 4) is 0 Å². The molecule has 1 aliphatic rings. The monoisotopic (exact) mass is 398 g/mol. The predicted octanol–water partition coefficient (Wildman–Crippen LogP) is 0.909. The highest BCUT2D eigenvalue weighted by molar-refractivity contribution is 7.89. The minimum atomic E-state index is -3.76. The SMILES string of the molecule is Cn1cc(S(=O)(=O)N2CCN(Cc3cccc(F)c3F)CC2)cc1C(N)=O. The van der Waals surface area contributed by atoms with Crippen LogP contribution in [0, 0.1) is 11.6 Å². The maximum atomic E-state index is 13.8. The number of nitrogens with zero attached hydrogens (tertiary/aromatic N) is 3. The van der Waals surface area contributed by atoms with Crippen LogP contribution < -0.4 is 5.73 Å². The lowest BCUT2D eigenvalue weighted by Crippen LogP contribution is -2.48. The van der Waals surface area contributed by atoms with E-state index in [0.29, 0.717) is 13.1 Å². The van der Waals surface area contributed by atoms with Crippen molar-refractivity contribution in [3.63, 3.8) is 0 Å². The molecule has 1 aromatic heterocycles. The molecule has 0 atom stereocenters. The zero-order chi connectivity index (χ0) is 19.8. The average Bonchev–Trinajstić information content (AvgIpc) is 3.02. The number of halogens is 2. The van der Waals surface area contributed by atoms with Crippen LogP contribution in [-0.2, 0) is 23.6 Å². The lowest BCUT2D eigenvalue weighted by molar-refractivity contribution is 0.0992. The summed E-state index contributed by atoms with van der Waals surface area (Å²) in [4.78, 5) is 13.2. The standard InChI is InChI=1S/C17H20F2N4O3S/c1-21-11-13(9-15(21)17(20)24)27(25,26)23-7-5-22(6-8-23)10-12-3-2-4-14(18)16(12)19/h2-4,9,11H,5-8,10H2,1H3,(H2,20,24). The van der Waals surface area contributed by atoms with Gasteiger partial charge in [0.15, 0.2) is 11.6 Å². The Balaban J connectivity index is 1.68. The van der Waals surface area contributed by atoms with Gasteiger partial charge in [-0.1, -0.05) is 12.1 Å². The van der Waals surface area contributed by atoms with Gasteiger partial charge in [-0.3, -0.25) is 9.69 Å². The summed E-state index contributed by atoms with van der Waals surface area (Å²) in [6.07, 6.45) is 1.35. The number of carbonyl (C=O) groups is 1. The molecule has 2 heterocycles. The number of rotatable bonds is 5. The molecule has 0 spiro atoms. The van der Waals surface area contributed by atoms with Crippen molar-refractivity contribution < 1.29 is 22.0 Å². The van der Waals surface area contributed by atoms with E-state index in [4.69, 9.17) is 5.73 Å². The summed E-state index contributed by atoms with van der Waals surface area (Å²) in [5.41, 5.74) is 5.57. The van der Waals surface area contributed by atoms with Crippen LogP contribution in [0.4, 0.5) is 8.78 Å². The molecule has 2 aromatic rings. The number of amides is 1. The number of carbonyl (C=O) groups excluding carboxylic acids is 1. The van der Waals surface area contributed by atoms with Gasteiger partial charge >= 0.3 is 0 Å². The summed E-state index contributed by atoms with van der Waals surface area (Å²) in [5, 5.41) is 0. The van der Waals surface area contributed by atoms with Crippen molar-refractivity contribution in [2.75, 3.05) is 26.2 Å². The summed E-state index contributed by atoms with van der Waals surface area (Å²) < 4.78 is 55.3. The Hall–Kier alpha value is -2.30. The Bertz CT molecular complexity index is 967. The molecule has 1 saturated heterocycles. The summed E-state index contributed by atoms with van der Waals surface area (Å²) in [7, 11) is -2.22. The minimum absolute atomic E-state index is 0.00317. The van der Waals surface area contributed by atoms with Gasteiger partial charge in [0.05, 0.1) is 0 Å². The summed E-state index contributed by atoms with van der Waals surface area (Å²) in [5.74, 6) is -2.49. The Morgan fingerprint density at radius 2 is 1.85 bits per heavy atom. The minimum Gasteiger partial charge on any atom is -0.364 e. The van der Waals surface area contributed by atoms with Crippen molar-refractivity contribution in [1.29, 1.82) is 0 Å². The van der Waals surface area contributed by atoms with Crippen LogP contribution in [0.3, 0.4) is 0 Å². The first-order valence-electron chi connectivity index (χ1n) is 8.31. The molecule has 10 heteroatoms. The molecule has 2 N–H and O–H groups in total. The highest BCUT2D eigenvalue weighted by atomic mass is 32.2. The zero-order valence-corrected chi connectivity index (χ0v) is 15.5. The van der Waals surface area contributed by atoms with E-state index in [2.05, 4.69) is 0 Å². The number of hydrogen-bond donors (Lipinski definition) is 1. The lowest BCUT2D eigenvalue weighted by Gasteiger charge is -2.33. The molecule has 1 fully saturated rings. The van der Waals surface area contributed by atoms with Crippen molar-refractivity contribution in [3.05, 3.63) is 53.4 Å². The molecular formula is C17H20F2N4O3S. The number of primary amides is 1. The molecule has 1 amide bonds. The summed E-state index contributed by atoms with van der Waals surface area (Å²) in [6, 6.07) is 5.27. The first-order chi connectivity index (χ1) is 12.7. The van der Waals surface area contributed by atoms with E-state index in [0.717, 1.165) is 6.07 Å². The van der Waals surface area contributed by atoms with Gasteiger partial charge in [0.2, 0.25) is 10.0 Å². The van der Waals surface area contributed by atoms with Gasteiger partial charge in [-0.25, -0.2) is 17.2 Å². The largest absolute Gasteiger partial charge is 0.364 e. The third-order valence-corrected chi connectivity index (χ3v) is 6.49. The molecule has 0 saturated carbocycles. The van der Waals surface area contributed by atoms with Gasteiger partial charge in [-0.05, 0) is 12.1 Å². The number of aryl methyl sites for hydroxylation is 1. The number of sulfonamides is 1. The summed E-state index contributed by atoms with van der Waals surface area (Å²) in [6.45, 7) is 1.38. The van der Waals surface area contributed by atoms with Crippen LogP contribution in [0.2, 0.25) is 0 Å². The smallest absolute Gasteiger partial charge is 0.265 e. The van der Waals surface area contributed by atoms with Crippen LogP contribution in [0.5, 0.6) is 0 Å². The fourth-order valence-corrected chi connectivity index (χ4v) is 4.60. The van der Waals surface area contributed by atoms with E-state index in [1.807, 2.05) is 4.90 Å². The fraction of sp³-hybridized carbons (Fsp3) is 0.353.